The molecule has 1 unspecified atom stereocenters. The number of piperidine rings is 1. The van der Waals surface area contributed by atoms with E-state index in [0.29, 0.717) is 30.8 Å². The Hall–Kier alpha value is -1.45. The van der Waals surface area contributed by atoms with Crippen LogP contribution in [0.3, 0.4) is 0 Å². The standard InChI is InChI=1S/C12H19N3O5S/c1-9-6-11(13-20-9)8-14(2)21(18,19)15-5-3-4-10(7-15)12(16)17/h6,10H,3-5,7-8H2,1-2H3,(H,16,17). The van der Waals surface area contributed by atoms with Crippen LogP contribution in [-0.4, -0.2) is 53.4 Å². The van der Waals surface area contributed by atoms with Gasteiger partial charge in [0.15, 0.2) is 0 Å². The molecule has 21 heavy (non-hydrogen) atoms. The van der Waals surface area contributed by atoms with E-state index in [1.165, 1.54) is 11.4 Å². The molecule has 1 aliphatic heterocycles. The summed E-state index contributed by atoms with van der Waals surface area (Å²) < 4.78 is 32.2. The highest BCUT2D eigenvalue weighted by Gasteiger charge is 2.34. The minimum atomic E-state index is -3.70. The molecule has 0 spiro atoms. The average molecular weight is 317 g/mol. The van der Waals surface area contributed by atoms with Gasteiger partial charge in [-0.3, -0.25) is 4.79 Å². The van der Waals surface area contributed by atoms with E-state index in [1.54, 1.807) is 13.0 Å². The van der Waals surface area contributed by atoms with Gasteiger partial charge in [0.2, 0.25) is 0 Å². The van der Waals surface area contributed by atoms with E-state index in [9.17, 15) is 13.2 Å². The molecule has 0 saturated carbocycles. The first-order valence-electron chi connectivity index (χ1n) is 6.67. The summed E-state index contributed by atoms with van der Waals surface area (Å²) in [5.74, 6) is -0.986. The molecule has 0 aromatic carbocycles. The maximum absolute atomic E-state index is 12.5. The third-order valence-electron chi connectivity index (χ3n) is 3.51. The Morgan fingerprint density at radius 1 is 1.62 bits per heavy atom. The van der Waals surface area contributed by atoms with Crippen molar-refractivity contribution in [2.45, 2.75) is 26.3 Å². The van der Waals surface area contributed by atoms with Crippen LogP contribution >= 0.6 is 0 Å². The van der Waals surface area contributed by atoms with Gasteiger partial charge >= 0.3 is 5.97 Å². The molecule has 1 atom stereocenters. The SMILES string of the molecule is Cc1cc(CN(C)S(=O)(=O)N2CCCC(C(=O)O)C2)no1. The van der Waals surface area contributed by atoms with Gasteiger partial charge in [-0.1, -0.05) is 5.16 Å². The fourth-order valence-corrected chi connectivity index (χ4v) is 3.77. The van der Waals surface area contributed by atoms with Crippen LogP contribution in [0, 0.1) is 12.8 Å². The highest BCUT2D eigenvalue weighted by Crippen LogP contribution is 2.21. The van der Waals surface area contributed by atoms with Crippen LogP contribution in [0.25, 0.3) is 0 Å². The van der Waals surface area contributed by atoms with Gasteiger partial charge in [0.1, 0.15) is 5.76 Å². The number of nitrogens with zero attached hydrogens (tertiary/aromatic N) is 3. The molecule has 1 aliphatic rings. The molecule has 118 valence electrons. The maximum atomic E-state index is 12.5. The molecule has 0 radical (unpaired) electrons. The summed E-state index contributed by atoms with van der Waals surface area (Å²) in [5, 5.41) is 12.8. The molecular weight excluding hydrogens is 298 g/mol. The zero-order valence-corrected chi connectivity index (χ0v) is 12.8. The van der Waals surface area contributed by atoms with Gasteiger partial charge in [0.25, 0.3) is 10.2 Å². The predicted molar refractivity (Wildman–Crippen MR) is 73.6 cm³/mol. The average Bonchev–Trinajstić information content (AvgIpc) is 2.84. The minimum Gasteiger partial charge on any atom is -0.481 e. The van der Waals surface area contributed by atoms with Gasteiger partial charge in [-0.2, -0.15) is 17.0 Å². The van der Waals surface area contributed by atoms with E-state index < -0.39 is 22.1 Å². The lowest BCUT2D eigenvalue weighted by Crippen LogP contribution is -2.47. The zero-order valence-electron chi connectivity index (χ0n) is 12.0. The number of aryl methyl sites for hydroxylation is 1. The summed E-state index contributed by atoms with van der Waals surface area (Å²) >= 11 is 0. The van der Waals surface area contributed by atoms with Gasteiger partial charge < -0.3 is 9.63 Å². The van der Waals surface area contributed by atoms with Crippen molar-refractivity contribution < 1.29 is 22.8 Å². The number of aromatic nitrogens is 1. The Labute approximate surface area is 123 Å². The minimum absolute atomic E-state index is 0.0137. The monoisotopic (exact) mass is 317 g/mol. The van der Waals surface area contributed by atoms with Crippen LogP contribution in [0.1, 0.15) is 24.3 Å². The highest BCUT2D eigenvalue weighted by atomic mass is 32.2. The highest BCUT2D eigenvalue weighted by molar-refractivity contribution is 7.86. The number of carboxylic acids is 1. The number of carbonyl (C=O) groups is 1. The zero-order chi connectivity index (χ0) is 15.6. The number of hydrogen-bond acceptors (Lipinski definition) is 5. The second-order valence-corrected chi connectivity index (χ2v) is 7.26. The van der Waals surface area contributed by atoms with Crippen LogP contribution in [0.15, 0.2) is 10.6 Å². The number of rotatable bonds is 5. The normalized spacial score (nSPS) is 20.8. The predicted octanol–water partition coefficient (Wildman–Crippen LogP) is 0.456. The smallest absolute Gasteiger partial charge is 0.307 e. The van der Waals surface area contributed by atoms with Crippen molar-refractivity contribution in [3.05, 3.63) is 17.5 Å². The van der Waals surface area contributed by atoms with Gasteiger partial charge in [0.05, 0.1) is 18.2 Å². The van der Waals surface area contributed by atoms with Crippen LogP contribution in [-0.2, 0) is 21.5 Å². The summed E-state index contributed by atoms with van der Waals surface area (Å²) in [7, 11) is -2.25. The fourth-order valence-electron chi connectivity index (χ4n) is 2.35. The van der Waals surface area contributed by atoms with E-state index in [-0.39, 0.29) is 13.1 Å². The summed E-state index contributed by atoms with van der Waals surface area (Å²) in [6.07, 6.45) is 1.06. The van der Waals surface area contributed by atoms with E-state index in [4.69, 9.17) is 9.63 Å². The second kappa shape index (κ2) is 6.12. The van der Waals surface area contributed by atoms with Gasteiger partial charge in [0, 0.05) is 26.2 Å². The molecule has 9 heteroatoms. The Morgan fingerprint density at radius 2 is 2.33 bits per heavy atom. The van der Waals surface area contributed by atoms with Crippen LogP contribution in [0.2, 0.25) is 0 Å². The molecule has 1 aromatic rings. The number of hydrogen-bond donors (Lipinski definition) is 1. The Balaban J connectivity index is 2.07. The summed E-state index contributed by atoms with van der Waals surface area (Å²) in [6.45, 7) is 2.18. The van der Waals surface area contributed by atoms with E-state index in [0.717, 1.165) is 4.31 Å². The molecule has 1 N–H and O–H groups in total. The Morgan fingerprint density at radius 3 is 2.90 bits per heavy atom. The van der Waals surface area contributed by atoms with E-state index in [2.05, 4.69) is 5.16 Å². The van der Waals surface area contributed by atoms with Crippen molar-refractivity contribution in [2.75, 3.05) is 20.1 Å². The van der Waals surface area contributed by atoms with Crippen LogP contribution in [0.4, 0.5) is 0 Å². The molecule has 0 aliphatic carbocycles. The lowest BCUT2D eigenvalue weighted by atomic mass is 10.0. The molecule has 1 aromatic heterocycles. The topological polar surface area (TPSA) is 104 Å². The number of aliphatic carboxylic acids is 1. The first kappa shape index (κ1) is 15.9. The Bertz CT molecular complexity index is 612. The molecule has 0 amide bonds. The van der Waals surface area contributed by atoms with Gasteiger partial charge in [-0.25, -0.2) is 0 Å². The third kappa shape index (κ3) is 3.60. The van der Waals surface area contributed by atoms with E-state index >= 15 is 0 Å². The van der Waals surface area contributed by atoms with Crippen molar-refractivity contribution in [1.82, 2.24) is 13.8 Å². The molecule has 1 saturated heterocycles. The summed E-state index contributed by atoms with van der Waals surface area (Å²) in [6, 6.07) is 1.67. The second-order valence-electron chi connectivity index (χ2n) is 5.23. The van der Waals surface area contributed by atoms with Gasteiger partial charge in [-0.15, -0.1) is 0 Å². The first-order valence-corrected chi connectivity index (χ1v) is 8.07. The van der Waals surface area contributed by atoms with Crippen LogP contribution < -0.4 is 0 Å². The van der Waals surface area contributed by atoms with Crippen molar-refractivity contribution in [3.8, 4) is 0 Å². The molecule has 0 bridgehead atoms. The van der Waals surface area contributed by atoms with Crippen LogP contribution in [0.5, 0.6) is 0 Å². The van der Waals surface area contributed by atoms with Crippen molar-refractivity contribution in [2.24, 2.45) is 5.92 Å². The Kier molecular flexibility index (Phi) is 4.64. The fraction of sp³-hybridized carbons (Fsp3) is 0.667. The van der Waals surface area contributed by atoms with E-state index in [1.807, 2.05) is 0 Å². The van der Waals surface area contributed by atoms with Crippen molar-refractivity contribution in [3.63, 3.8) is 0 Å². The summed E-state index contributed by atoms with van der Waals surface area (Å²) in [4.78, 5) is 11.0. The first-order chi connectivity index (χ1) is 9.80. The molecule has 2 heterocycles. The van der Waals surface area contributed by atoms with Crippen molar-refractivity contribution in [1.29, 1.82) is 0 Å². The molecule has 8 nitrogen and oxygen atoms in total. The number of carboxylic acid groups (broad SMARTS) is 1. The summed E-state index contributed by atoms with van der Waals surface area (Å²) in [5.41, 5.74) is 0.519. The third-order valence-corrected chi connectivity index (χ3v) is 5.42. The molecular formula is C12H19N3O5S. The van der Waals surface area contributed by atoms with Crippen molar-refractivity contribution >= 4 is 16.2 Å². The maximum Gasteiger partial charge on any atom is 0.307 e. The van der Waals surface area contributed by atoms with Gasteiger partial charge in [-0.05, 0) is 19.8 Å². The molecule has 1 fully saturated rings. The lowest BCUT2D eigenvalue weighted by Gasteiger charge is -2.32. The quantitative estimate of drug-likeness (QED) is 0.846. The molecule has 2 rings (SSSR count). The lowest BCUT2D eigenvalue weighted by molar-refractivity contribution is -0.142. The largest absolute Gasteiger partial charge is 0.481 e.